The zero-order chi connectivity index (χ0) is 13.7. The zero-order valence-electron chi connectivity index (χ0n) is 12.1. The van der Waals surface area contributed by atoms with E-state index in [1.54, 1.807) is 0 Å². The van der Waals surface area contributed by atoms with Crippen molar-refractivity contribution in [3.8, 4) is 0 Å². The summed E-state index contributed by atoms with van der Waals surface area (Å²) in [6.07, 6.45) is 5.03. The molecule has 1 N–H and O–H groups in total. The second-order valence-electron chi connectivity index (χ2n) is 5.53. The number of hydrogen-bond acceptors (Lipinski definition) is 2. The zero-order valence-corrected chi connectivity index (χ0v) is 12.8. The lowest BCUT2D eigenvalue weighted by molar-refractivity contribution is 0.285. The Hall–Kier alpha value is -0.730. The van der Waals surface area contributed by atoms with Crippen molar-refractivity contribution in [3.63, 3.8) is 0 Å². The van der Waals surface area contributed by atoms with Crippen LogP contribution in [-0.2, 0) is 0 Å². The van der Waals surface area contributed by atoms with Crippen LogP contribution in [0.4, 0.5) is 5.69 Å². The quantitative estimate of drug-likeness (QED) is 0.883. The summed E-state index contributed by atoms with van der Waals surface area (Å²) in [5.74, 6) is 0. The summed E-state index contributed by atoms with van der Waals surface area (Å²) < 4.78 is 0. The van der Waals surface area contributed by atoms with Gasteiger partial charge in [0.25, 0.3) is 0 Å². The van der Waals surface area contributed by atoms with Crippen LogP contribution in [0, 0.1) is 6.92 Å². The van der Waals surface area contributed by atoms with Gasteiger partial charge in [0.15, 0.2) is 0 Å². The molecule has 0 amide bonds. The maximum atomic E-state index is 6.18. The van der Waals surface area contributed by atoms with Crippen LogP contribution < -0.4 is 5.32 Å². The highest BCUT2D eigenvalue weighted by Crippen LogP contribution is 2.25. The fourth-order valence-electron chi connectivity index (χ4n) is 2.82. The number of halogens is 1. The average Bonchev–Trinajstić information content (AvgIpc) is 2.61. The number of benzene rings is 1. The number of rotatable bonds is 4. The van der Waals surface area contributed by atoms with Crippen LogP contribution in [0.15, 0.2) is 18.2 Å². The van der Waals surface area contributed by atoms with Crippen LogP contribution in [0.5, 0.6) is 0 Å². The summed E-state index contributed by atoms with van der Waals surface area (Å²) >= 11 is 6.18. The van der Waals surface area contributed by atoms with Crippen LogP contribution in [0.1, 0.15) is 38.2 Å². The molecule has 19 heavy (non-hydrogen) atoms. The van der Waals surface area contributed by atoms with Crippen LogP contribution in [0.2, 0.25) is 5.02 Å². The van der Waals surface area contributed by atoms with Gasteiger partial charge in [0.1, 0.15) is 0 Å². The first-order valence-corrected chi connectivity index (χ1v) is 7.82. The van der Waals surface area contributed by atoms with Gasteiger partial charge >= 0.3 is 0 Å². The molecule has 1 aromatic rings. The third kappa shape index (κ3) is 4.12. The smallest absolute Gasteiger partial charge is 0.0455 e. The van der Waals surface area contributed by atoms with E-state index in [1.165, 1.54) is 56.6 Å². The van der Waals surface area contributed by atoms with E-state index in [0.717, 1.165) is 5.02 Å². The molecule has 1 aliphatic heterocycles. The lowest BCUT2D eigenvalue weighted by atomic mass is 10.1. The Kier molecular flexibility index (Phi) is 5.53. The largest absolute Gasteiger partial charge is 0.382 e. The predicted octanol–water partition coefficient (Wildman–Crippen LogP) is 4.32. The number of nitrogens with zero attached hydrogens (tertiary/aromatic N) is 1. The molecular weight excluding hydrogens is 256 g/mol. The highest BCUT2D eigenvalue weighted by molar-refractivity contribution is 6.31. The van der Waals surface area contributed by atoms with Gasteiger partial charge in [-0.05, 0) is 63.4 Å². The molecule has 0 spiro atoms. The Morgan fingerprint density at radius 3 is 2.95 bits per heavy atom. The van der Waals surface area contributed by atoms with E-state index in [2.05, 4.69) is 30.1 Å². The van der Waals surface area contributed by atoms with E-state index in [-0.39, 0.29) is 0 Å². The summed E-state index contributed by atoms with van der Waals surface area (Å²) in [5.41, 5.74) is 2.36. The van der Waals surface area contributed by atoms with Crippen molar-refractivity contribution < 1.29 is 0 Å². The monoisotopic (exact) mass is 280 g/mol. The molecule has 0 radical (unpaired) electrons. The minimum Gasteiger partial charge on any atom is -0.382 e. The van der Waals surface area contributed by atoms with E-state index in [9.17, 15) is 0 Å². The highest BCUT2D eigenvalue weighted by atomic mass is 35.5. The second kappa shape index (κ2) is 7.16. The van der Waals surface area contributed by atoms with E-state index in [1.807, 2.05) is 12.1 Å². The molecule has 2 rings (SSSR count). The van der Waals surface area contributed by atoms with Crippen molar-refractivity contribution in [3.05, 3.63) is 28.8 Å². The summed E-state index contributed by atoms with van der Waals surface area (Å²) in [5, 5.41) is 4.53. The molecule has 1 aromatic carbocycles. The Bertz CT molecular complexity index is 406. The first-order valence-electron chi connectivity index (χ1n) is 7.44. The number of nitrogens with one attached hydrogen (secondary N) is 1. The molecule has 1 saturated heterocycles. The molecule has 1 fully saturated rings. The van der Waals surface area contributed by atoms with Gasteiger partial charge in [-0.3, -0.25) is 0 Å². The van der Waals surface area contributed by atoms with Crippen molar-refractivity contribution in [2.24, 2.45) is 0 Å². The fourth-order valence-corrected chi connectivity index (χ4v) is 3.00. The van der Waals surface area contributed by atoms with Crippen molar-refractivity contribution in [1.82, 2.24) is 4.90 Å². The van der Waals surface area contributed by atoms with Gasteiger partial charge in [-0.15, -0.1) is 0 Å². The molecule has 106 valence electrons. The molecule has 0 aliphatic carbocycles. The Morgan fingerprint density at radius 1 is 1.32 bits per heavy atom. The topological polar surface area (TPSA) is 15.3 Å². The summed E-state index contributed by atoms with van der Waals surface area (Å²) in [6, 6.07) is 6.70. The standard InChI is InChI=1S/C16H25ClN2/c1-3-10-19-11-5-6-14(9-12-19)18-16-8-4-7-15(17)13(16)2/h4,7-8,14,18H,3,5-6,9-12H2,1-2H3. The van der Waals surface area contributed by atoms with E-state index >= 15 is 0 Å². The van der Waals surface area contributed by atoms with Gasteiger partial charge in [-0.25, -0.2) is 0 Å². The predicted molar refractivity (Wildman–Crippen MR) is 84.2 cm³/mol. The molecule has 2 nitrogen and oxygen atoms in total. The maximum absolute atomic E-state index is 6.18. The SMILES string of the molecule is CCCN1CCCC(Nc2cccc(Cl)c2C)CC1. The fraction of sp³-hybridized carbons (Fsp3) is 0.625. The number of likely N-dealkylation sites (tertiary alicyclic amines) is 1. The van der Waals surface area contributed by atoms with Crippen LogP contribution in [0.25, 0.3) is 0 Å². The van der Waals surface area contributed by atoms with E-state index < -0.39 is 0 Å². The first kappa shape index (κ1) is 14.7. The van der Waals surface area contributed by atoms with Gasteiger partial charge in [0, 0.05) is 23.3 Å². The lowest BCUT2D eigenvalue weighted by Gasteiger charge is -2.21. The minimum absolute atomic E-state index is 0.582. The third-order valence-electron chi connectivity index (χ3n) is 3.99. The third-order valence-corrected chi connectivity index (χ3v) is 4.40. The summed E-state index contributed by atoms with van der Waals surface area (Å²) in [4.78, 5) is 2.59. The van der Waals surface area contributed by atoms with Crippen molar-refractivity contribution in [1.29, 1.82) is 0 Å². The summed E-state index contributed by atoms with van der Waals surface area (Å²) in [7, 11) is 0. The van der Waals surface area contributed by atoms with Crippen molar-refractivity contribution >= 4 is 17.3 Å². The Labute approximate surface area is 122 Å². The second-order valence-corrected chi connectivity index (χ2v) is 5.93. The van der Waals surface area contributed by atoms with Crippen LogP contribution >= 0.6 is 11.6 Å². The van der Waals surface area contributed by atoms with Crippen molar-refractivity contribution in [2.45, 2.75) is 45.6 Å². The van der Waals surface area contributed by atoms with Crippen molar-refractivity contribution in [2.75, 3.05) is 25.0 Å². The van der Waals surface area contributed by atoms with E-state index in [0.29, 0.717) is 6.04 Å². The molecule has 1 unspecified atom stereocenters. The molecule has 3 heteroatoms. The van der Waals surface area contributed by atoms with E-state index in [4.69, 9.17) is 11.6 Å². The van der Waals surface area contributed by atoms with Crippen LogP contribution in [-0.4, -0.2) is 30.6 Å². The maximum Gasteiger partial charge on any atom is 0.0455 e. The lowest BCUT2D eigenvalue weighted by Crippen LogP contribution is -2.27. The molecule has 0 bridgehead atoms. The first-order chi connectivity index (χ1) is 9.20. The summed E-state index contributed by atoms with van der Waals surface area (Å²) in [6.45, 7) is 8.05. The molecule has 0 saturated carbocycles. The molecular formula is C16H25ClN2. The average molecular weight is 281 g/mol. The number of hydrogen-bond donors (Lipinski definition) is 1. The van der Waals surface area contributed by atoms with Gasteiger partial charge in [-0.1, -0.05) is 24.6 Å². The van der Waals surface area contributed by atoms with Gasteiger partial charge in [-0.2, -0.15) is 0 Å². The number of anilines is 1. The molecule has 0 aromatic heterocycles. The highest BCUT2D eigenvalue weighted by Gasteiger charge is 2.17. The molecule has 1 aliphatic rings. The Morgan fingerprint density at radius 2 is 2.16 bits per heavy atom. The van der Waals surface area contributed by atoms with Gasteiger partial charge < -0.3 is 10.2 Å². The van der Waals surface area contributed by atoms with Crippen LogP contribution in [0.3, 0.4) is 0 Å². The minimum atomic E-state index is 0.582. The van der Waals surface area contributed by atoms with Gasteiger partial charge in [0.05, 0.1) is 0 Å². The molecule has 1 heterocycles. The van der Waals surface area contributed by atoms with Gasteiger partial charge in [0.2, 0.25) is 0 Å². The normalized spacial score (nSPS) is 21.1. The Balaban J connectivity index is 1.94. The molecule has 1 atom stereocenters.